The van der Waals surface area contributed by atoms with E-state index in [9.17, 15) is 0 Å². The highest BCUT2D eigenvalue weighted by atomic mass is 15.0. The van der Waals surface area contributed by atoms with Gasteiger partial charge in [0.15, 0.2) is 0 Å². The Morgan fingerprint density at radius 3 is 2.84 bits per heavy atom. The molecule has 1 fully saturated rings. The summed E-state index contributed by atoms with van der Waals surface area (Å²) in [7, 11) is 0. The standard InChI is InChI=1S/C17H28N2/c1-13-8-9-17(11-14(13)2)19-15(3)12-16-7-5-4-6-10-18-16/h8-9,11,15-16,18-19H,4-7,10,12H2,1-3H3. The van der Waals surface area contributed by atoms with E-state index in [0.29, 0.717) is 12.1 Å². The van der Waals surface area contributed by atoms with Crippen molar-refractivity contribution >= 4 is 5.69 Å². The molecule has 0 bridgehead atoms. The second kappa shape index (κ2) is 6.95. The molecular weight excluding hydrogens is 232 g/mol. The van der Waals surface area contributed by atoms with Gasteiger partial charge in [0.25, 0.3) is 0 Å². The summed E-state index contributed by atoms with van der Waals surface area (Å²) in [6.07, 6.45) is 6.66. The number of anilines is 1. The van der Waals surface area contributed by atoms with E-state index < -0.39 is 0 Å². The Balaban J connectivity index is 1.85. The molecule has 106 valence electrons. The average Bonchev–Trinajstić information content (AvgIpc) is 2.62. The lowest BCUT2D eigenvalue weighted by atomic mass is 10.0. The van der Waals surface area contributed by atoms with Gasteiger partial charge in [-0.25, -0.2) is 0 Å². The van der Waals surface area contributed by atoms with Gasteiger partial charge in [-0.3, -0.25) is 0 Å². The van der Waals surface area contributed by atoms with Crippen LogP contribution in [-0.4, -0.2) is 18.6 Å². The Labute approximate surface area is 118 Å². The predicted octanol–water partition coefficient (Wildman–Crippen LogP) is 4.03. The Kier molecular flexibility index (Phi) is 5.26. The van der Waals surface area contributed by atoms with Crippen LogP contribution < -0.4 is 10.6 Å². The zero-order chi connectivity index (χ0) is 13.7. The van der Waals surface area contributed by atoms with Crippen LogP contribution >= 0.6 is 0 Å². The van der Waals surface area contributed by atoms with Gasteiger partial charge in [-0.15, -0.1) is 0 Å². The zero-order valence-corrected chi connectivity index (χ0v) is 12.6. The van der Waals surface area contributed by atoms with Crippen molar-refractivity contribution < 1.29 is 0 Å². The number of rotatable bonds is 4. The molecular formula is C17H28N2. The molecule has 1 aliphatic heterocycles. The smallest absolute Gasteiger partial charge is 0.0345 e. The highest BCUT2D eigenvalue weighted by Crippen LogP contribution is 2.18. The first-order valence-electron chi connectivity index (χ1n) is 7.72. The maximum atomic E-state index is 3.68. The minimum absolute atomic E-state index is 0.526. The largest absolute Gasteiger partial charge is 0.383 e. The fourth-order valence-electron chi connectivity index (χ4n) is 2.90. The zero-order valence-electron chi connectivity index (χ0n) is 12.6. The summed E-state index contributed by atoms with van der Waals surface area (Å²) < 4.78 is 0. The fraction of sp³-hybridized carbons (Fsp3) is 0.647. The average molecular weight is 260 g/mol. The van der Waals surface area contributed by atoms with E-state index in [1.165, 1.54) is 55.5 Å². The van der Waals surface area contributed by atoms with Gasteiger partial charge in [-0.1, -0.05) is 18.9 Å². The summed E-state index contributed by atoms with van der Waals surface area (Å²) in [5, 5.41) is 7.32. The normalized spacial score (nSPS) is 21.7. The molecule has 0 spiro atoms. The third-order valence-electron chi connectivity index (χ3n) is 4.22. The van der Waals surface area contributed by atoms with Gasteiger partial charge < -0.3 is 10.6 Å². The van der Waals surface area contributed by atoms with Gasteiger partial charge in [0, 0.05) is 17.8 Å². The molecule has 2 atom stereocenters. The van der Waals surface area contributed by atoms with Crippen LogP contribution in [-0.2, 0) is 0 Å². The summed E-state index contributed by atoms with van der Waals surface area (Å²) in [6, 6.07) is 7.87. The van der Waals surface area contributed by atoms with Gasteiger partial charge >= 0.3 is 0 Å². The van der Waals surface area contributed by atoms with E-state index in [1.54, 1.807) is 0 Å². The third kappa shape index (κ3) is 4.54. The van der Waals surface area contributed by atoms with E-state index in [2.05, 4.69) is 49.6 Å². The van der Waals surface area contributed by atoms with E-state index in [-0.39, 0.29) is 0 Å². The first-order valence-corrected chi connectivity index (χ1v) is 7.72. The first kappa shape index (κ1) is 14.4. The molecule has 1 aliphatic rings. The molecule has 0 saturated carbocycles. The molecule has 1 heterocycles. The van der Waals surface area contributed by atoms with Crippen molar-refractivity contribution in [2.45, 2.75) is 65.0 Å². The molecule has 1 aromatic rings. The van der Waals surface area contributed by atoms with Crippen LogP contribution in [0.1, 0.15) is 50.2 Å². The predicted molar refractivity (Wildman–Crippen MR) is 83.9 cm³/mol. The lowest BCUT2D eigenvalue weighted by Gasteiger charge is -2.22. The monoisotopic (exact) mass is 260 g/mol. The quantitative estimate of drug-likeness (QED) is 0.854. The van der Waals surface area contributed by atoms with Gasteiger partial charge in [0.1, 0.15) is 0 Å². The number of nitrogens with one attached hydrogen (secondary N) is 2. The van der Waals surface area contributed by atoms with Crippen molar-refractivity contribution in [1.82, 2.24) is 5.32 Å². The van der Waals surface area contributed by atoms with E-state index in [4.69, 9.17) is 0 Å². The highest BCUT2D eigenvalue weighted by Gasteiger charge is 2.14. The molecule has 19 heavy (non-hydrogen) atoms. The summed E-state index contributed by atoms with van der Waals surface area (Å²) in [6.45, 7) is 7.83. The molecule has 0 radical (unpaired) electrons. The van der Waals surface area contributed by atoms with Gasteiger partial charge in [0.05, 0.1) is 0 Å². The van der Waals surface area contributed by atoms with Crippen LogP contribution in [0.4, 0.5) is 5.69 Å². The number of hydrogen-bond acceptors (Lipinski definition) is 2. The SMILES string of the molecule is Cc1ccc(NC(C)CC2CCCCCN2)cc1C. The Hall–Kier alpha value is -1.02. The van der Waals surface area contributed by atoms with Crippen molar-refractivity contribution in [3.63, 3.8) is 0 Å². The molecule has 0 aliphatic carbocycles. The van der Waals surface area contributed by atoms with Gasteiger partial charge in [-0.05, 0) is 69.8 Å². The summed E-state index contributed by atoms with van der Waals surface area (Å²) in [5.41, 5.74) is 3.98. The maximum Gasteiger partial charge on any atom is 0.0345 e. The highest BCUT2D eigenvalue weighted by molar-refractivity contribution is 5.48. The van der Waals surface area contributed by atoms with Crippen LogP contribution in [0.5, 0.6) is 0 Å². The minimum atomic E-state index is 0.526. The molecule has 2 heteroatoms. The molecule has 2 unspecified atom stereocenters. The van der Waals surface area contributed by atoms with Crippen molar-refractivity contribution in [1.29, 1.82) is 0 Å². The molecule has 1 saturated heterocycles. The van der Waals surface area contributed by atoms with E-state index in [0.717, 1.165) is 0 Å². The van der Waals surface area contributed by atoms with Crippen molar-refractivity contribution in [2.24, 2.45) is 0 Å². The van der Waals surface area contributed by atoms with Gasteiger partial charge in [-0.2, -0.15) is 0 Å². The van der Waals surface area contributed by atoms with Crippen molar-refractivity contribution in [3.8, 4) is 0 Å². The van der Waals surface area contributed by atoms with Crippen LogP contribution in [0.25, 0.3) is 0 Å². The number of benzene rings is 1. The van der Waals surface area contributed by atoms with Gasteiger partial charge in [0.2, 0.25) is 0 Å². The Bertz CT molecular complexity index is 392. The Morgan fingerprint density at radius 2 is 2.05 bits per heavy atom. The molecule has 1 aromatic carbocycles. The van der Waals surface area contributed by atoms with Crippen LogP contribution in [0, 0.1) is 13.8 Å². The fourth-order valence-corrected chi connectivity index (χ4v) is 2.90. The molecule has 2 nitrogen and oxygen atoms in total. The first-order chi connectivity index (χ1) is 9.15. The number of aryl methyl sites for hydroxylation is 2. The summed E-state index contributed by atoms with van der Waals surface area (Å²) in [5.74, 6) is 0. The van der Waals surface area contributed by atoms with Crippen LogP contribution in [0.2, 0.25) is 0 Å². The molecule has 2 rings (SSSR count). The maximum absolute atomic E-state index is 3.68. The lowest BCUT2D eigenvalue weighted by molar-refractivity contribution is 0.456. The molecule has 0 aromatic heterocycles. The van der Waals surface area contributed by atoms with Crippen LogP contribution in [0.3, 0.4) is 0 Å². The van der Waals surface area contributed by atoms with Crippen molar-refractivity contribution in [3.05, 3.63) is 29.3 Å². The Morgan fingerprint density at radius 1 is 1.21 bits per heavy atom. The number of hydrogen-bond donors (Lipinski definition) is 2. The topological polar surface area (TPSA) is 24.1 Å². The van der Waals surface area contributed by atoms with Crippen molar-refractivity contribution in [2.75, 3.05) is 11.9 Å². The van der Waals surface area contributed by atoms with Crippen LogP contribution in [0.15, 0.2) is 18.2 Å². The third-order valence-corrected chi connectivity index (χ3v) is 4.22. The second-order valence-electron chi connectivity index (χ2n) is 6.08. The summed E-state index contributed by atoms with van der Waals surface area (Å²) >= 11 is 0. The molecule has 2 N–H and O–H groups in total. The molecule has 0 amide bonds. The van der Waals surface area contributed by atoms with E-state index >= 15 is 0 Å². The second-order valence-corrected chi connectivity index (χ2v) is 6.08. The summed E-state index contributed by atoms with van der Waals surface area (Å²) in [4.78, 5) is 0. The lowest BCUT2D eigenvalue weighted by Crippen LogP contribution is -2.33. The van der Waals surface area contributed by atoms with E-state index in [1.807, 2.05) is 0 Å². The minimum Gasteiger partial charge on any atom is -0.383 e.